The third kappa shape index (κ3) is 2.01. The highest BCUT2D eigenvalue weighted by Gasteiger charge is 2.09. The molecule has 0 fully saturated rings. The summed E-state index contributed by atoms with van der Waals surface area (Å²) in [6, 6.07) is 15.7. The van der Waals surface area contributed by atoms with E-state index < -0.39 is 5.82 Å². The van der Waals surface area contributed by atoms with Crippen LogP contribution in [0.3, 0.4) is 0 Å². The molecule has 0 unspecified atom stereocenters. The van der Waals surface area contributed by atoms with E-state index in [0.717, 1.165) is 0 Å². The lowest BCUT2D eigenvalue weighted by Gasteiger charge is -2.06. The van der Waals surface area contributed by atoms with Crippen molar-refractivity contribution in [1.82, 2.24) is 0 Å². The minimum absolute atomic E-state index is 0.0913. The van der Waals surface area contributed by atoms with Gasteiger partial charge >= 0.3 is 0 Å². The Morgan fingerprint density at radius 3 is 2.81 bits per heavy atom. The Kier molecular flexibility index (Phi) is 2.84. The summed E-state index contributed by atoms with van der Waals surface area (Å²) < 4.78 is 18.6. The molecule has 2 aromatic rings. The minimum Gasteiger partial charge on any atom is -0.456 e. The number of benzene rings is 2. The van der Waals surface area contributed by atoms with E-state index in [1.54, 1.807) is 36.4 Å². The van der Waals surface area contributed by atoms with E-state index in [1.807, 2.05) is 0 Å². The molecule has 0 aliphatic rings. The van der Waals surface area contributed by atoms with Crippen molar-refractivity contribution in [2.75, 3.05) is 0 Å². The molecule has 0 saturated carbocycles. The number of hydrogen-bond acceptors (Lipinski definition) is 2. The molecule has 0 bridgehead atoms. The van der Waals surface area contributed by atoms with Gasteiger partial charge in [0.15, 0.2) is 0 Å². The molecule has 0 N–H and O–H groups in total. The van der Waals surface area contributed by atoms with Gasteiger partial charge < -0.3 is 4.74 Å². The largest absolute Gasteiger partial charge is 0.456 e. The van der Waals surface area contributed by atoms with E-state index in [0.29, 0.717) is 5.75 Å². The molecule has 3 heteroatoms. The average molecular weight is 212 g/mol. The number of nitrogens with zero attached hydrogens (tertiary/aromatic N) is 1. The van der Waals surface area contributed by atoms with Crippen LogP contribution < -0.4 is 4.74 Å². The first-order valence-electron chi connectivity index (χ1n) is 4.64. The van der Waals surface area contributed by atoms with Gasteiger partial charge in [0.25, 0.3) is 0 Å². The van der Waals surface area contributed by atoms with Crippen LogP contribution in [0.5, 0.6) is 11.5 Å². The predicted molar refractivity (Wildman–Crippen MR) is 56.5 cm³/mol. The molecule has 2 aromatic carbocycles. The van der Waals surface area contributed by atoms with Crippen LogP contribution in [-0.4, -0.2) is 0 Å². The average Bonchev–Trinajstić information content (AvgIpc) is 2.31. The second kappa shape index (κ2) is 4.45. The van der Waals surface area contributed by atoms with Crippen molar-refractivity contribution in [3.8, 4) is 17.6 Å². The lowest BCUT2D eigenvalue weighted by molar-refractivity contribution is 0.474. The van der Waals surface area contributed by atoms with Gasteiger partial charge in [0.05, 0.1) is 0 Å². The van der Waals surface area contributed by atoms with Crippen molar-refractivity contribution >= 4 is 0 Å². The Morgan fingerprint density at radius 1 is 1.25 bits per heavy atom. The molecule has 0 spiro atoms. The molecule has 16 heavy (non-hydrogen) atoms. The van der Waals surface area contributed by atoms with Gasteiger partial charge in [0.2, 0.25) is 0 Å². The monoisotopic (exact) mass is 212 g/mol. The number of halogens is 1. The summed E-state index contributed by atoms with van der Waals surface area (Å²) in [5, 5.41) is 8.80. The summed E-state index contributed by atoms with van der Waals surface area (Å²) in [4.78, 5) is 0. The third-order valence-electron chi connectivity index (χ3n) is 1.99. The summed E-state index contributed by atoms with van der Waals surface area (Å²) in [5.41, 5.74) is -0.0913. The fourth-order valence-electron chi connectivity index (χ4n) is 1.27. The van der Waals surface area contributed by atoms with Gasteiger partial charge in [-0.2, -0.15) is 5.26 Å². The molecule has 2 rings (SSSR count). The second-order valence-electron chi connectivity index (χ2n) is 3.07. The Hall–Kier alpha value is -2.34. The molecule has 2 nitrogen and oxygen atoms in total. The number of ether oxygens (including phenoxy) is 1. The molecular formula is C13H7FNO. The zero-order valence-electron chi connectivity index (χ0n) is 8.27. The normalized spacial score (nSPS) is 9.50. The van der Waals surface area contributed by atoms with Crippen molar-refractivity contribution in [1.29, 1.82) is 5.26 Å². The Bertz CT molecular complexity index is 531. The number of rotatable bonds is 2. The first-order valence-corrected chi connectivity index (χ1v) is 4.64. The van der Waals surface area contributed by atoms with Crippen molar-refractivity contribution < 1.29 is 9.13 Å². The second-order valence-corrected chi connectivity index (χ2v) is 3.07. The summed E-state index contributed by atoms with van der Waals surface area (Å²) in [6.07, 6.45) is 0. The van der Waals surface area contributed by atoms with Crippen LogP contribution in [0.4, 0.5) is 4.39 Å². The quantitative estimate of drug-likeness (QED) is 0.765. The summed E-state index contributed by atoms with van der Waals surface area (Å²) >= 11 is 0. The zero-order valence-corrected chi connectivity index (χ0v) is 8.27. The van der Waals surface area contributed by atoms with Crippen molar-refractivity contribution in [3.63, 3.8) is 0 Å². The van der Waals surface area contributed by atoms with Crippen LogP contribution in [0.25, 0.3) is 0 Å². The van der Waals surface area contributed by atoms with E-state index in [1.165, 1.54) is 12.1 Å². The highest BCUT2D eigenvalue weighted by Crippen LogP contribution is 2.25. The van der Waals surface area contributed by atoms with Gasteiger partial charge in [-0.05, 0) is 30.3 Å². The maximum Gasteiger partial charge on any atom is 0.148 e. The zero-order chi connectivity index (χ0) is 11.4. The van der Waals surface area contributed by atoms with Crippen LogP contribution in [0.15, 0.2) is 42.5 Å². The molecule has 0 amide bonds. The topological polar surface area (TPSA) is 33.0 Å². The molecule has 1 radical (unpaired) electrons. The number of hydrogen-bond donors (Lipinski definition) is 0. The molecule has 0 aliphatic carbocycles. The molecular weight excluding hydrogens is 205 g/mol. The summed E-state index contributed by atoms with van der Waals surface area (Å²) in [6.45, 7) is 0. The maximum atomic E-state index is 13.2. The Labute approximate surface area is 92.5 Å². The van der Waals surface area contributed by atoms with Crippen LogP contribution in [-0.2, 0) is 0 Å². The van der Waals surface area contributed by atoms with E-state index in [9.17, 15) is 4.39 Å². The Balaban J connectivity index is 2.36. The van der Waals surface area contributed by atoms with E-state index >= 15 is 0 Å². The fourth-order valence-corrected chi connectivity index (χ4v) is 1.27. The molecule has 0 aliphatic heterocycles. The van der Waals surface area contributed by atoms with Crippen molar-refractivity contribution in [3.05, 3.63) is 59.9 Å². The third-order valence-corrected chi connectivity index (χ3v) is 1.99. The highest BCUT2D eigenvalue weighted by molar-refractivity contribution is 5.45. The van der Waals surface area contributed by atoms with Crippen LogP contribution in [0, 0.1) is 23.2 Å². The van der Waals surface area contributed by atoms with Crippen molar-refractivity contribution in [2.24, 2.45) is 0 Å². The van der Waals surface area contributed by atoms with Gasteiger partial charge in [-0.15, -0.1) is 0 Å². The first kappa shape index (κ1) is 10.2. The van der Waals surface area contributed by atoms with Crippen molar-refractivity contribution in [2.45, 2.75) is 0 Å². The summed E-state index contributed by atoms with van der Waals surface area (Å²) in [5.74, 6) is 0.145. The first-order chi connectivity index (χ1) is 7.81. The standard InChI is InChI=1S/C13H7FNO/c14-12-7-4-8-13(11(12)9-15)16-10-5-2-1-3-6-10/h1-2,4-8H. The van der Waals surface area contributed by atoms with Crippen LogP contribution in [0.2, 0.25) is 0 Å². The molecule has 77 valence electrons. The lowest BCUT2D eigenvalue weighted by Crippen LogP contribution is -1.91. The lowest BCUT2D eigenvalue weighted by atomic mass is 10.2. The smallest absolute Gasteiger partial charge is 0.148 e. The highest BCUT2D eigenvalue weighted by atomic mass is 19.1. The molecule has 0 heterocycles. The van der Waals surface area contributed by atoms with Gasteiger partial charge in [-0.1, -0.05) is 18.2 Å². The van der Waals surface area contributed by atoms with E-state index in [4.69, 9.17) is 10.00 Å². The van der Waals surface area contributed by atoms with Gasteiger partial charge in [0.1, 0.15) is 28.9 Å². The molecule has 0 aromatic heterocycles. The minimum atomic E-state index is -0.583. The van der Waals surface area contributed by atoms with E-state index in [2.05, 4.69) is 6.07 Å². The predicted octanol–water partition coefficient (Wildman–Crippen LogP) is 3.29. The maximum absolute atomic E-state index is 13.2. The number of nitriles is 1. The van der Waals surface area contributed by atoms with Gasteiger partial charge in [-0.25, -0.2) is 4.39 Å². The summed E-state index contributed by atoms with van der Waals surface area (Å²) in [7, 11) is 0. The van der Waals surface area contributed by atoms with Crippen LogP contribution in [0.1, 0.15) is 5.56 Å². The fraction of sp³-hybridized carbons (Fsp3) is 0. The molecule has 0 saturated heterocycles. The van der Waals surface area contributed by atoms with Gasteiger partial charge in [-0.3, -0.25) is 0 Å². The van der Waals surface area contributed by atoms with Gasteiger partial charge in [0, 0.05) is 0 Å². The molecule has 0 atom stereocenters. The Morgan fingerprint density at radius 2 is 2.12 bits per heavy atom. The SMILES string of the molecule is N#Cc1c(F)cccc1Oc1c[c]ccc1. The van der Waals surface area contributed by atoms with E-state index in [-0.39, 0.29) is 11.3 Å². The van der Waals surface area contributed by atoms with Crippen LogP contribution >= 0.6 is 0 Å².